The quantitative estimate of drug-likeness (QED) is 0.563. The lowest BCUT2D eigenvalue weighted by atomic mass is 10.1. The van der Waals surface area contributed by atoms with E-state index in [1.54, 1.807) is 17.9 Å². The lowest BCUT2D eigenvalue weighted by molar-refractivity contribution is -0.143. The van der Waals surface area contributed by atoms with Gasteiger partial charge in [0, 0.05) is 39.3 Å². The van der Waals surface area contributed by atoms with Gasteiger partial charge >= 0.3 is 5.97 Å². The number of carbonyl (C=O) groups is 2. The third-order valence-corrected chi connectivity index (χ3v) is 7.22. The van der Waals surface area contributed by atoms with Crippen LogP contribution < -0.4 is 4.90 Å². The molecule has 1 aliphatic heterocycles. The molecule has 1 fully saturated rings. The number of ether oxygens (including phenoxy) is 1. The van der Waals surface area contributed by atoms with Gasteiger partial charge in [-0.2, -0.15) is 0 Å². The Labute approximate surface area is 186 Å². The Kier molecular flexibility index (Phi) is 8.10. The van der Waals surface area contributed by atoms with Crippen molar-refractivity contribution < 1.29 is 22.7 Å². The van der Waals surface area contributed by atoms with E-state index < -0.39 is 22.1 Å². The number of hydrogen-bond acceptors (Lipinski definition) is 6. The molecule has 1 aromatic rings. The summed E-state index contributed by atoms with van der Waals surface area (Å²) in [7, 11) is -0.843. The van der Waals surface area contributed by atoms with E-state index in [0.29, 0.717) is 5.69 Å². The molecule has 174 valence electrons. The Morgan fingerprint density at radius 2 is 1.55 bits per heavy atom. The van der Waals surface area contributed by atoms with Crippen LogP contribution in [0.3, 0.4) is 0 Å². The summed E-state index contributed by atoms with van der Waals surface area (Å²) in [6, 6.07) is 4.43. The molecule has 1 aliphatic rings. The molecule has 1 aromatic carbocycles. The van der Waals surface area contributed by atoms with Crippen LogP contribution in [0.25, 0.3) is 0 Å². The second-order valence-electron chi connectivity index (χ2n) is 8.64. The van der Waals surface area contributed by atoms with Gasteiger partial charge in [-0.05, 0) is 65.7 Å². The van der Waals surface area contributed by atoms with Gasteiger partial charge in [0.2, 0.25) is 10.0 Å². The summed E-state index contributed by atoms with van der Waals surface area (Å²) < 4.78 is 31.9. The normalized spacial score (nSPS) is 15.6. The van der Waals surface area contributed by atoms with Crippen LogP contribution in [0.1, 0.15) is 57.8 Å². The largest absolute Gasteiger partial charge is 0.449 e. The average molecular weight is 454 g/mol. The second kappa shape index (κ2) is 9.99. The van der Waals surface area contributed by atoms with Gasteiger partial charge in [0.1, 0.15) is 0 Å². The molecular weight excluding hydrogens is 418 g/mol. The van der Waals surface area contributed by atoms with E-state index in [0.717, 1.165) is 30.2 Å². The number of nitrogens with zero attached hydrogens (tertiary/aromatic N) is 3. The second-order valence-corrected chi connectivity index (χ2v) is 10.8. The number of amides is 1. The number of sulfonamides is 1. The van der Waals surface area contributed by atoms with Gasteiger partial charge < -0.3 is 14.5 Å². The van der Waals surface area contributed by atoms with Crippen LogP contribution in [0.2, 0.25) is 0 Å². The molecular formula is C22H35N3O5S. The molecule has 0 aliphatic carbocycles. The summed E-state index contributed by atoms with van der Waals surface area (Å²) in [6.07, 6.45) is 1.01. The van der Waals surface area contributed by atoms with Gasteiger partial charge in [-0.1, -0.05) is 0 Å². The van der Waals surface area contributed by atoms with Crippen LogP contribution in [-0.2, 0) is 19.6 Å². The first kappa shape index (κ1) is 25.1. The first-order valence-corrected chi connectivity index (χ1v) is 12.2. The van der Waals surface area contributed by atoms with Crippen molar-refractivity contribution in [1.82, 2.24) is 9.21 Å². The first-order chi connectivity index (χ1) is 14.4. The summed E-state index contributed by atoms with van der Waals surface area (Å²) in [4.78, 5) is 29.7. The fourth-order valence-electron chi connectivity index (χ4n) is 3.87. The van der Waals surface area contributed by atoms with Crippen LogP contribution in [0.4, 0.5) is 5.69 Å². The number of anilines is 1. The molecule has 0 radical (unpaired) electrons. The third-order valence-electron chi connectivity index (χ3n) is 5.41. The van der Waals surface area contributed by atoms with Crippen molar-refractivity contribution in [3.8, 4) is 0 Å². The zero-order valence-corrected chi connectivity index (χ0v) is 20.4. The minimum Gasteiger partial charge on any atom is -0.449 e. The van der Waals surface area contributed by atoms with Gasteiger partial charge in [-0.25, -0.2) is 17.5 Å². The number of carbonyl (C=O) groups excluding carboxylic acids is 2. The van der Waals surface area contributed by atoms with Crippen molar-refractivity contribution in [3.05, 3.63) is 23.8 Å². The number of hydrogen-bond donors (Lipinski definition) is 0. The Hall–Kier alpha value is -2.13. The lowest BCUT2D eigenvalue weighted by Gasteiger charge is -2.33. The van der Waals surface area contributed by atoms with E-state index in [1.807, 2.05) is 32.6 Å². The molecule has 2 rings (SSSR count). The van der Waals surface area contributed by atoms with Crippen LogP contribution in [0, 0.1) is 0 Å². The highest BCUT2D eigenvalue weighted by Crippen LogP contribution is 2.29. The molecule has 9 heteroatoms. The zero-order chi connectivity index (χ0) is 23.5. The van der Waals surface area contributed by atoms with E-state index in [1.165, 1.54) is 26.2 Å². The molecule has 1 atom stereocenters. The topological polar surface area (TPSA) is 87.2 Å². The van der Waals surface area contributed by atoms with E-state index in [2.05, 4.69) is 0 Å². The standard InChI is InChI=1S/C22H35N3O5S/c1-15(2)25(16(3)4)21(26)17(5)30-22(27)19-14-18(31(28,29)23(6)7)10-11-20(19)24-12-8-9-13-24/h10-11,14-17H,8-9,12-13H2,1-7H3/t17-/m1/s1. The third kappa shape index (κ3) is 5.57. The summed E-state index contributed by atoms with van der Waals surface area (Å²) in [6.45, 7) is 10.8. The van der Waals surface area contributed by atoms with Crippen molar-refractivity contribution in [2.45, 2.75) is 70.5 Å². The van der Waals surface area contributed by atoms with Gasteiger partial charge in [0.25, 0.3) is 5.91 Å². The van der Waals surface area contributed by atoms with E-state index in [4.69, 9.17) is 4.74 Å². The predicted octanol–water partition coefficient (Wildman–Crippen LogP) is 2.73. The molecule has 0 bridgehead atoms. The Morgan fingerprint density at radius 1 is 1.00 bits per heavy atom. The maximum absolute atomic E-state index is 13.1. The van der Waals surface area contributed by atoms with Gasteiger partial charge in [0.15, 0.2) is 6.10 Å². The minimum atomic E-state index is -3.72. The van der Waals surface area contributed by atoms with Crippen molar-refractivity contribution in [1.29, 1.82) is 0 Å². The molecule has 31 heavy (non-hydrogen) atoms. The van der Waals surface area contributed by atoms with Crippen molar-refractivity contribution >= 4 is 27.6 Å². The SMILES string of the molecule is CC(C)N(C(=O)[C@@H](C)OC(=O)c1cc(S(=O)(=O)N(C)C)ccc1N1CCCC1)C(C)C. The number of rotatable bonds is 8. The summed E-state index contributed by atoms with van der Waals surface area (Å²) in [5.74, 6) is -0.982. The fraction of sp³-hybridized carbons (Fsp3) is 0.636. The van der Waals surface area contributed by atoms with Crippen molar-refractivity contribution in [2.24, 2.45) is 0 Å². The van der Waals surface area contributed by atoms with E-state index in [9.17, 15) is 18.0 Å². The maximum atomic E-state index is 13.1. The van der Waals surface area contributed by atoms with Crippen LogP contribution >= 0.6 is 0 Å². The highest BCUT2D eigenvalue weighted by molar-refractivity contribution is 7.89. The molecule has 0 spiro atoms. The minimum absolute atomic E-state index is 0.0114. The summed E-state index contributed by atoms with van der Waals surface area (Å²) >= 11 is 0. The average Bonchev–Trinajstić information content (AvgIpc) is 3.21. The molecule has 0 unspecified atom stereocenters. The van der Waals surface area contributed by atoms with Crippen LogP contribution in [-0.4, -0.2) is 74.9 Å². The van der Waals surface area contributed by atoms with Gasteiger partial charge in [-0.3, -0.25) is 4.79 Å². The lowest BCUT2D eigenvalue weighted by Crippen LogP contribution is -2.47. The van der Waals surface area contributed by atoms with Crippen LogP contribution in [0.5, 0.6) is 0 Å². The Balaban J connectivity index is 2.39. The molecule has 0 aromatic heterocycles. The summed E-state index contributed by atoms with van der Waals surface area (Å²) in [5.41, 5.74) is 0.787. The molecule has 1 heterocycles. The van der Waals surface area contributed by atoms with Crippen molar-refractivity contribution in [3.63, 3.8) is 0 Å². The zero-order valence-electron chi connectivity index (χ0n) is 19.6. The molecule has 8 nitrogen and oxygen atoms in total. The Morgan fingerprint density at radius 3 is 2.03 bits per heavy atom. The van der Waals surface area contributed by atoms with Crippen molar-refractivity contribution in [2.75, 3.05) is 32.1 Å². The fourth-order valence-corrected chi connectivity index (χ4v) is 4.80. The Bertz CT molecular complexity index is 898. The number of esters is 1. The van der Waals surface area contributed by atoms with E-state index in [-0.39, 0.29) is 28.4 Å². The maximum Gasteiger partial charge on any atom is 0.341 e. The summed E-state index contributed by atoms with van der Waals surface area (Å²) in [5, 5.41) is 0. The highest BCUT2D eigenvalue weighted by atomic mass is 32.2. The smallest absolute Gasteiger partial charge is 0.341 e. The molecule has 1 amide bonds. The van der Waals surface area contributed by atoms with Crippen LogP contribution in [0.15, 0.2) is 23.1 Å². The predicted molar refractivity (Wildman–Crippen MR) is 121 cm³/mol. The molecule has 0 saturated carbocycles. The highest BCUT2D eigenvalue weighted by Gasteiger charge is 2.30. The van der Waals surface area contributed by atoms with Gasteiger partial charge in [0.05, 0.1) is 16.1 Å². The monoisotopic (exact) mass is 453 g/mol. The number of benzene rings is 1. The molecule has 0 N–H and O–H groups in total. The van der Waals surface area contributed by atoms with E-state index >= 15 is 0 Å². The van der Waals surface area contributed by atoms with Gasteiger partial charge in [-0.15, -0.1) is 0 Å². The molecule has 1 saturated heterocycles. The first-order valence-electron chi connectivity index (χ1n) is 10.7.